The lowest BCUT2D eigenvalue weighted by Crippen LogP contribution is -2.53. The lowest BCUT2D eigenvalue weighted by Gasteiger charge is -2.30. The second-order valence-corrected chi connectivity index (χ2v) is 6.12. The van der Waals surface area contributed by atoms with E-state index in [4.69, 9.17) is 9.47 Å². The molecule has 2 amide bonds. The number of rotatable bonds is 4. The predicted octanol–water partition coefficient (Wildman–Crippen LogP) is 1.63. The molecule has 2 saturated carbocycles. The Bertz CT molecular complexity index is 332. The van der Waals surface area contributed by atoms with Crippen molar-refractivity contribution in [3.05, 3.63) is 0 Å². The number of amides is 2. The fourth-order valence-electron chi connectivity index (χ4n) is 3.24. The van der Waals surface area contributed by atoms with Crippen LogP contribution >= 0.6 is 0 Å². The first-order valence-electron chi connectivity index (χ1n) is 7.52. The number of hydrogen-bond donors (Lipinski definition) is 2. The first-order valence-corrected chi connectivity index (χ1v) is 7.52. The van der Waals surface area contributed by atoms with Crippen LogP contribution in [-0.2, 0) is 9.47 Å². The van der Waals surface area contributed by atoms with Gasteiger partial charge in [-0.1, -0.05) is 6.92 Å². The van der Waals surface area contributed by atoms with Crippen LogP contribution in [0.5, 0.6) is 0 Å². The minimum Gasteiger partial charge on any atom is -0.346 e. The van der Waals surface area contributed by atoms with Gasteiger partial charge < -0.3 is 20.1 Å². The summed E-state index contributed by atoms with van der Waals surface area (Å²) >= 11 is 0. The predicted molar refractivity (Wildman–Crippen MR) is 70.7 cm³/mol. The Balaban J connectivity index is 1.45. The van der Waals surface area contributed by atoms with Crippen molar-refractivity contribution < 1.29 is 14.3 Å². The van der Waals surface area contributed by atoms with Crippen molar-refractivity contribution in [1.82, 2.24) is 10.6 Å². The van der Waals surface area contributed by atoms with Gasteiger partial charge in [0.25, 0.3) is 0 Å². The molecule has 1 saturated heterocycles. The van der Waals surface area contributed by atoms with Crippen LogP contribution in [0.25, 0.3) is 0 Å². The van der Waals surface area contributed by atoms with Crippen LogP contribution in [0, 0.1) is 11.8 Å². The van der Waals surface area contributed by atoms with Crippen molar-refractivity contribution in [3.63, 3.8) is 0 Å². The minimum absolute atomic E-state index is 0.00812. The van der Waals surface area contributed by atoms with Crippen molar-refractivity contribution in [1.29, 1.82) is 0 Å². The van der Waals surface area contributed by atoms with Gasteiger partial charge in [0.2, 0.25) is 0 Å². The van der Waals surface area contributed by atoms with Crippen LogP contribution in [0.2, 0.25) is 0 Å². The van der Waals surface area contributed by atoms with Crippen molar-refractivity contribution in [2.24, 2.45) is 11.8 Å². The molecule has 0 aromatic heterocycles. The molecule has 108 valence electrons. The topological polar surface area (TPSA) is 59.6 Å². The summed E-state index contributed by atoms with van der Waals surface area (Å²) in [4.78, 5) is 12.0. The Kier molecular flexibility index (Phi) is 3.67. The lowest BCUT2D eigenvalue weighted by molar-refractivity contribution is -0.164. The van der Waals surface area contributed by atoms with Crippen molar-refractivity contribution >= 4 is 6.03 Å². The largest absolute Gasteiger partial charge is 0.346 e. The smallest absolute Gasteiger partial charge is 0.315 e. The highest BCUT2D eigenvalue weighted by atomic mass is 16.7. The second-order valence-electron chi connectivity index (χ2n) is 6.12. The monoisotopic (exact) mass is 268 g/mol. The maximum atomic E-state index is 12.0. The summed E-state index contributed by atoms with van der Waals surface area (Å²) in [7, 11) is 0. The van der Waals surface area contributed by atoms with Gasteiger partial charge in [0, 0.05) is 13.0 Å². The average molecular weight is 268 g/mol. The third-order valence-electron chi connectivity index (χ3n) is 4.64. The molecular formula is C14H24N2O3. The molecule has 3 fully saturated rings. The molecule has 19 heavy (non-hydrogen) atoms. The van der Waals surface area contributed by atoms with Gasteiger partial charge >= 0.3 is 6.03 Å². The number of nitrogens with one attached hydrogen (secondary N) is 2. The molecule has 0 radical (unpaired) electrons. The third-order valence-corrected chi connectivity index (χ3v) is 4.64. The van der Waals surface area contributed by atoms with Crippen LogP contribution < -0.4 is 10.6 Å². The highest BCUT2D eigenvalue weighted by Gasteiger charge is 2.48. The quantitative estimate of drug-likeness (QED) is 0.814. The summed E-state index contributed by atoms with van der Waals surface area (Å²) in [6, 6.07) is -0.0934. The zero-order chi connectivity index (χ0) is 13.3. The van der Waals surface area contributed by atoms with Gasteiger partial charge in [0.1, 0.15) is 0 Å². The van der Waals surface area contributed by atoms with Crippen LogP contribution in [-0.4, -0.2) is 37.6 Å². The van der Waals surface area contributed by atoms with E-state index in [-0.39, 0.29) is 12.1 Å². The van der Waals surface area contributed by atoms with Gasteiger partial charge in [-0.05, 0) is 37.5 Å². The number of ether oxygens (including phenoxy) is 2. The fraction of sp³-hybridized carbons (Fsp3) is 0.929. The highest BCUT2D eigenvalue weighted by molar-refractivity contribution is 5.74. The Hall–Kier alpha value is -0.810. The Morgan fingerprint density at radius 1 is 1.32 bits per heavy atom. The lowest BCUT2D eigenvalue weighted by atomic mass is 10.1. The standard InChI is InChI=1S/C14H24N2O3/c1-10(11-4-5-11)9-15-13(17)16-12-3-2-6-14(12)18-7-8-19-14/h10-12H,2-9H2,1H3,(H2,15,16,17). The summed E-state index contributed by atoms with van der Waals surface area (Å²) in [6.45, 7) is 4.24. The fourth-order valence-corrected chi connectivity index (χ4v) is 3.24. The molecule has 3 aliphatic rings. The molecule has 1 heterocycles. The summed E-state index contributed by atoms with van der Waals surface area (Å²) in [5, 5.41) is 6.00. The van der Waals surface area contributed by atoms with Gasteiger partial charge in [-0.15, -0.1) is 0 Å². The van der Waals surface area contributed by atoms with Crippen molar-refractivity contribution in [2.45, 2.75) is 50.9 Å². The number of urea groups is 1. The van der Waals surface area contributed by atoms with Crippen LogP contribution in [0.3, 0.4) is 0 Å². The highest BCUT2D eigenvalue weighted by Crippen LogP contribution is 2.38. The van der Waals surface area contributed by atoms with E-state index >= 15 is 0 Å². The molecule has 0 aromatic carbocycles. The molecule has 0 aromatic rings. The van der Waals surface area contributed by atoms with E-state index in [1.807, 2.05) is 0 Å². The zero-order valence-corrected chi connectivity index (χ0v) is 11.6. The SMILES string of the molecule is CC(CNC(=O)NC1CCCC12OCCO2)C1CC1. The van der Waals surface area contributed by atoms with E-state index in [0.29, 0.717) is 19.1 Å². The van der Waals surface area contributed by atoms with Gasteiger partial charge in [0.05, 0.1) is 19.3 Å². The first-order chi connectivity index (χ1) is 9.20. The second kappa shape index (κ2) is 5.29. The maximum Gasteiger partial charge on any atom is 0.315 e. The van der Waals surface area contributed by atoms with E-state index in [2.05, 4.69) is 17.6 Å². The summed E-state index contributed by atoms with van der Waals surface area (Å²) in [6.07, 6.45) is 5.50. The zero-order valence-electron chi connectivity index (χ0n) is 11.6. The number of carbonyl (C=O) groups is 1. The van der Waals surface area contributed by atoms with Gasteiger partial charge in [0.15, 0.2) is 5.79 Å². The Morgan fingerprint density at radius 2 is 2.05 bits per heavy atom. The molecule has 5 heteroatoms. The molecule has 2 aliphatic carbocycles. The first kappa shape index (κ1) is 13.2. The molecule has 0 bridgehead atoms. The summed E-state index contributed by atoms with van der Waals surface area (Å²) < 4.78 is 11.4. The molecule has 5 nitrogen and oxygen atoms in total. The van der Waals surface area contributed by atoms with Crippen LogP contribution in [0.4, 0.5) is 4.79 Å². The van der Waals surface area contributed by atoms with Crippen LogP contribution in [0.1, 0.15) is 39.0 Å². The normalized spacial score (nSPS) is 30.5. The van der Waals surface area contributed by atoms with E-state index in [1.165, 1.54) is 12.8 Å². The van der Waals surface area contributed by atoms with Gasteiger partial charge in [-0.3, -0.25) is 0 Å². The molecule has 1 spiro atoms. The average Bonchev–Trinajstić information content (AvgIpc) is 3.05. The van der Waals surface area contributed by atoms with E-state index in [0.717, 1.165) is 31.7 Å². The molecule has 1 aliphatic heterocycles. The molecule has 2 unspecified atom stereocenters. The van der Waals surface area contributed by atoms with Gasteiger partial charge in [-0.2, -0.15) is 0 Å². The van der Waals surface area contributed by atoms with Crippen LogP contribution in [0.15, 0.2) is 0 Å². The maximum absolute atomic E-state index is 12.0. The van der Waals surface area contributed by atoms with E-state index < -0.39 is 5.79 Å². The number of hydrogen-bond acceptors (Lipinski definition) is 3. The molecule has 2 N–H and O–H groups in total. The summed E-state index contributed by atoms with van der Waals surface area (Å²) in [5.41, 5.74) is 0. The molecule has 3 rings (SSSR count). The molecule has 2 atom stereocenters. The van der Waals surface area contributed by atoms with Gasteiger partial charge in [-0.25, -0.2) is 4.79 Å². The van der Waals surface area contributed by atoms with Crippen molar-refractivity contribution in [3.8, 4) is 0 Å². The van der Waals surface area contributed by atoms with E-state index in [1.54, 1.807) is 0 Å². The third kappa shape index (κ3) is 2.87. The number of carbonyl (C=O) groups excluding carboxylic acids is 1. The Labute approximate surface area is 114 Å². The molecular weight excluding hydrogens is 244 g/mol. The summed E-state index contributed by atoms with van der Waals surface area (Å²) in [5.74, 6) is 0.862. The Morgan fingerprint density at radius 3 is 2.74 bits per heavy atom. The minimum atomic E-state index is -0.542. The van der Waals surface area contributed by atoms with Crippen molar-refractivity contribution in [2.75, 3.05) is 19.8 Å². The van der Waals surface area contributed by atoms with E-state index in [9.17, 15) is 4.79 Å².